The van der Waals surface area contributed by atoms with Crippen molar-refractivity contribution in [3.05, 3.63) is 29.3 Å². The van der Waals surface area contributed by atoms with Crippen LogP contribution < -0.4 is 5.73 Å². The molecule has 2 N–H and O–H groups in total. The van der Waals surface area contributed by atoms with E-state index in [2.05, 4.69) is 0 Å². The monoisotopic (exact) mass is 310 g/mol. The molecule has 7 heteroatoms. The predicted molar refractivity (Wildman–Crippen MR) is 74.6 cm³/mol. The van der Waals surface area contributed by atoms with Gasteiger partial charge in [-0.1, -0.05) is 18.5 Å². The van der Waals surface area contributed by atoms with E-state index in [0.29, 0.717) is 18.1 Å². The molecule has 102 valence electrons. The Morgan fingerprint density at radius 3 is 2.28 bits per heavy atom. The van der Waals surface area contributed by atoms with Crippen LogP contribution in [0.5, 0.6) is 0 Å². The van der Waals surface area contributed by atoms with Gasteiger partial charge >= 0.3 is 0 Å². The number of nitrogens with two attached hydrogens (primary N) is 1. The molecule has 2 atom stereocenters. The molecule has 1 aliphatic heterocycles. The van der Waals surface area contributed by atoms with E-state index in [1.165, 1.54) is 16.4 Å². The fraction of sp³-hybridized carbons (Fsp3) is 0.455. The van der Waals surface area contributed by atoms with Crippen LogP contribution in [0.4, 0.5) is 0 Å². The minimum atomic E-state index is -3.43. The summed E-state index contributed by atoms with van der Waals surface area (Å²) in [5.74, 6) is 0.192. The Bertz CT molecular complexity index is 494. The number of hydrogen-bond donors (Lipinski definition) is 1. The van der Waals surface area contributed by atoms with Gasteiger partial charge in [0, 0.05) is 24.2 Å². The Morgan fingerprint density at radius 1 is 1.28 bits per heavy atom. The lowest BCUT2D eigenvalue weighted by molar-refractivity contribution is 0.464. The highest BCUT2D eigenvalue weighted by atomic mass is 35.5. The highest BCUT2D eigenvalue weighted by Gasteiger charge is 2.35. The summed E-state index contributed by atoms with van der Waals surface area (Å²) in [7, 11) is -3.43. The number of halogens is 2. The largest absolute Gasteiger partial charge is 0.326 e. The van der Waals surface area contributed by atoms with Crippen molar-refractivity contribution in [2.75, 3.05) is 13.1 Å². The quantitative estimate of drug-likeness (QED) is 0.905. The minimum absolute atomic E-state index is 0. The number of sulfonamides is 1. The topological polar surface area (TPSA) is 63.4 Å². The molecule has 0 aromatic heterocycles. The number of rotatable bonds is 2. The van der Waals surface area contributed by atoms with E-state index in [4.69, 9.17) is 17.3 Å². The minimum Gasteiger partial charge on any atom is -0.326 e. The Labute approximate surface area is 119 Å². The van der Waals surface area contributed by atoms with Gasteiger partial charge in [0.15, 0.2) is 0 Å². The van der Waals surface area contributed by atoms with Crippen molar-refractivity contribution in [2.45, 2.75) is 17.9 Å². The van der Waals surface area contributed by atoms with Crippen LogP contribution in [0.25, 0.3) is 0 Å². The van der Waals surface area contributed by atoms with E-state index in [-0.39, 0.29) is 29.3 Å². The molecule has 1 aromatic carbocycles. The first-order valence-corrected chi connectivity index (χ1v) is 7.24. The van der Waals surface area contributed by atoms with Crippen LogP contribution in [0.1, 0.15) is 6.92 Å². The van der Waals surface area contributed by atoms with Crippen LogP contribution in [0, 0.1) is 5.92 Å². The molecule has 1 aromatic rings. The van der Waals surface area contributed by atoms with Crippen LogP contribution in [0.15, 0.2) is 29.2 Å². The molecule has 1 saturated heterocycles. The van der Waals surface area contributed by atoms with E-state index in [1.54, 1.807) is 12.1 Å². The lowest BCUT2D eigenvalue weighted by atomic mass is 10.1. The number of benzene rings is 1. The van der Waals surface area contributed by atoms with E-state index in [0.717, 1.165) is 0 Å². The third kappa shape index (κ3) is 2.97. The third-order valence-electron chi connectivity index (χ3n) is 3.09. The van der Waals surface area contributed by atoms with E-state index < -0.39 is 10.0 Å². The molecule has 1 heterocycles. The Balaban J connectivity index is 0.00000162. The van der Waals surface area contributed by atoms with Gasteiger partial charge in [-0.2, -0.15) is 4.31 Å². The standard InChI is InChI=1S/C11H15ClN2O2S.ClH/c1-8-6-14(7-11(8)13)17(15,16)10-4-2-9(12)3-5-10;/h2-5,8,11H,6-7,13H2,1H3;1H. The zero-order chi connectivity index (χ0) is 12.6. The van der Waals surface area contributed by atoms with Crippen molar-refractivity contribution in [2.24, 2.45) is 11.7 Å². The van der Waals surface area contributed by atoms with Gasteiger partial charge in [0.2, 0.25) is 10.0 Å². The highest BCUT2D eigenvalue weighted by molar-refractivity contribution is 7.89. The second-order valence-corrected chi connectivity index (χ2v) is 6.79. The van der Waals surface area contributed by atoms with Gasteiger partial charge in [-0.3, -0.25) is 0 Å². The van der Waals surface area contributed by atoms with Crippen molar-refractivity contribution in [3.8, 4) is 0 Å². The summed E-state index contributed by atoms with van der Waals surface area (Å²) < 4.78 is 26.0. The molecule has 2 unspecified atom stereocenters. The Morgan fingerprint density at radius 2 is 1.83 bits per heavy atom. The van der Waals surface area contributed by atoms with E-state index >= 15 is 0 Å². The summed E-state index contributed by atoms with van der Waals surface area (Å²) in [4.78, 5) is 0.267. The van der Waals surface area contributed by atoms with Gasteiger partial charge < -0.3 is 5.73 Å². The van der Waals surface area contributed by atoms with Gasteiger partial charge in [0.1, 0.15) is 0 Å². The van der Waals surface area contributed by atoms with Crippen LogP contribution in [-0.2, 0) is 10.0 Å². The lowest BCUT2D eigenvalue weighted by Gasteiger charge is -2.15. The van der Waals surface area contributed by atoms with Crippen molar-refractivity contribution in [1.82, 2.24) is 4.31 Å². The van der Waals surface area contributed by atoms with E-state index in [1.807, 2.05) is 6.92 Å². The predicted octanol–water partition coefficient (Wildman–Crippen LogP) is 1.73. The zero-order valence-electron chi connectivity index (χ0n) is 9.91. The van der Waals surface area contributed by atoms with Crippen molar-refractivity contribution >= 4 is 34.0 Å². The molecule has 0 saturated carbocycles. The first kappa shape index (κ1) is 15.7. The second-order valence-electron chi connectivity index (χ2n) is 4.42. The SMILES string of the molecule is CC1CN(S(=O)(=O)c2ccc(Cl)cc2)CC1N.Cl. The van der Waals surface area contributed by atoms with Gasteiger partial charge in [-0.05, 0) is 30.2 Å². The summed E-state index contributed by atoms with van der Waals surface area (Å²) in [5.41, 5.74) is 5.84. The molecule has 0 amide bonds. The van der Waals surface area contributed by atoms with Crippen molar-refractivity contribution in [3.63, 3.8) is 0 Å². The average molecular weight is 311 g/mol. The first-order valence-electron chi connectivity index (χ1n) is 5.42. The van der Waals surface area contributed by atoms with Gasteiger partial charge in [-0.25, -0.2) is 8.42 Å². The van der Waals surface area contributed by atoms with Gasteiger partial charge in [-0.15, -0.1) is 12.4 Å². The summed E-state index contributed by atoms with van der Waals surface area (Å²) in [5, 5.41) is 0.524. The summed E-state index contributed by atoms with van der Waals surface area (Å²) in [6, 6.07) is 6.11. The molecule has 1 aliphatic rings. The summed E-state index contributed by atoms with van der Waals surface area (Å²) in [6.45, 7) is 2.82. The molecular formula is C11H16Cl2N2O2S. The molecule has 2 rings (SSSR count). The maximum absolute atomic E-state index is 12.3. The smallest absolute Gasteiger partial charge is 0.243 e. The van der Waals surface area contributed by atoms with Crippen LogP contribution >= 0.6 is 24.0 Å². The van der Waals surface area contributed by atoms with Gasteiger partial charge in [0.05, 0.1) is 4.90 Å². The van der Waals surface area contributed by atoms with Gasteiger partial charge in [0.25, 0.3) is 0 Å². The zero-order valence-corrected chi connectivity index (χ0v) is 12.3. The molecule has 0 radical (unpaired) electrons. The molecule has 4 nitrogen and oxygen atoms in total. The van der Waals surface area contributed by atoms with Crippen LogP contribution in [0.2, 0.25) is 5.02 Å². The molecule has 1 fully saturated rings. The highest BCUT2D eigenvalue weighted by Crippen LogP contribution is 2.24. The van der Waals surface area contributed by atoms with Crippen molar-refractivity contribution < 1.29 is 8.42 Å². The maximum Gasteiger partial charge on any atom is 0.243 e. The molecule has 0 spiro atoms. The average Bonchev–Trinajstić information content (AvgIpc) is 2.60. The molecule has 0 aliphatic carbocycles. The molecule has 0 bridgehead atoms. The third-order valence-corrected chi connectivity index (χ3v) is 5.19. The normalized spacial score (nSPS) is 24.8. The summed E-state index contributed by atoms with van der Waals surface area (Å²) >= 11 is 5.74. The second kappa shape index (κ2) is 5.75. The summed E-state index contributed by atoms with van der Waals surface area (Å²) in [6.07, 6.45) is 0. The lowest BCUT2D eigenvalue weighted by Crippen LogP contribution is -2.32. The van der Waals surface area contributed by atoms with Crippen LogP contribution in [-0.4, -0.2) is 31.9 Å². The van der Waals surface area contributed by atoms with Crippen LogP contribution in [0.3, 0.4) is 0 Å². The Hall–Kier alpha value is -0.330. The fourth-order valence-corrected chi connectivity index (χ4v) is 3.60. The fourth-order valence-electron chi connectivity index (χ4n) is 1.90. The Kier molecular flexibility index (Phi) is 5.03. The maximum atomic E-state index is 12.3. The molecular weight excluding hydrogens is 295 g/mol. The first-order chi connectivity index (χ1) is 7.91. The van der Waals surface area contributed by atoms with Crippen molar-refractivity contribution in [1.29, 1.82) is 0 Å². The number of nitrogens with zero attached hydrogens (tertiary/aromatic N) is 1. The molecule has 18 heavy (non-hydrogen) atoms. The number of hydrogen-bond acceptors (Lipinski definition) is 3. The van der Waals surface area contributed by atoms with E-state index in [9.17, 15) is 8.42 Å².